The molecule has 1 heteroatoms. The van der Waals surface area contributed by atoms with Crippen LogP contribution in [0.15, 0.2) is 67.3 Å². The van der Waals surface area contributed by atoms with E-state index in [0.717, 1.165) is 25.8 Å². The predicted molar refractivity (Wildman–Crippen MR) is 83.6 cm³/mol. The summed E-state index contributed by atoms with van der Waals surface area (Å²) < 4.78 is 0. The molecule has 0 spiro atoms. The molecule has 0 amide bonds. The van der Waals surface area contributed by atoms with Crippen LogP contribution in [0.2, 0.25) is 0 Å². The first kappa shape index (κ1) is 13.4. The van der Waals surface area contributed by atoms with Crippen molar-refractivity contribution in [1.29, 1.82) is 0 Å². The molecular weight excluding hydrogens is 230 g/mol. The minimum absolute atomic E-state index is 0.978. The van der Waals surface area contributed by atoms with Crippen molar-refractivity contribution in [3.63, 3.8) is 0 Å². The zero-order valence-electron chi connectivity index (χ0n) is 11.3. The van der Waals surface area contributed by atoms with Crippen molar-refractivity contribution in [2.75, 3.05) is 11.9 Å². The Morgan fingerprint density at radius 2 is 1.68 bits per heavy atom. The highest BCUT2D eigenvalue weighted by molar-refractivity contribution is 5.52. The average molecular weight is 251 g/mol. The maximum absolute atomic E-state index is 3.75. The summed E-state index contributed by atoms with van der Waals surface area (Å²) in [6, 6.07) is 19.1. The first-order valence-electron chi connectivity index (χ1n) is 6.87. The molecule has 0 aliphatic carbocycles. The van der Waals surface area contributed by atoms with E-state index in [1.165, 1.54) is 16.8 Å². The van der Waals surface area contributed by atoms with E-state index in [1.807, 2.05) is 6.08 Å². The quantitative estimate of drug-likeness (QED) is 0.557. The summed E-state index contributed by atoms with van der Waals surface area (Å²) in [5.74, 6) is 0. The Hall–Kier alpha value is -2.02. The van der Waals surface area contributed by atoms with Gasteiger partial charge in [-0.2, -0.15) is 0 Å². The SMILES string of the molecule is C=CCCCNc1ccccc1Cc1ccccc1. The number of allylic oxidation sites excluding steroid dienone is 1. The average Bonchev–Trinajstić information content (AvgIpc) is 2.46. The standard InChI is InChI=1S/C18H21N/c1-2-3-9-14-19-18-13-8-7-12-17(18)15-16-10-5-4-6-11-16/h2,4-8,10-13,19H,1,3,9,14-15H2. The van der Waals surface area contributed by atoms with Gasteiger partial charge in [0.1, 0.15) is 0 Å². The van der Waals surface area contributed by atoms with Gasteiger partial charge >= 0.3 is 0 Å². The first-order chi connectivity index (χ1) is 9.40. The molecule has 0 bridgehead atoms. The highest BCUT2D eigenvalue weighted by atomic mass is 14.9. The van der Waals surface area contributed by atoms with E-state index < -0.39 is 0 Å². The number of anilines is 1. The van der Waals surface area contributed by atoms with E-state index in [2.05, 4.69) is 66.5 Å². The van der Waals surface area contributed by atoms with Crippen LogP contribution in [0.25, 0.3) is 0 Å². The molecule has 2 rings (SSSR count). The van der Waals surface area contributed by atoms with Crippen molar-refractivity contribution in [2.24, 2.45) is 0 Å². The Bertz CT molecular complexity index is 502. The minimum atomic E-state index is 0.978. The third-order valence-corrected chi connectivity index (χ3v) is 3.16. The van der Waals surface area contributed by atoms with Gasteiger partial charge < -0.3 is 5.32 Å². The van der Waals surface area contributed by atoms with Crippen molar-refractivity contribution in [3.05, 3.63) is 78.4 Å². The Labute approximate surface area is 116 Å². The van der Waals surface area contributed by atoms with Crippen LogP contribution >= 0.6 is 0 Å². The summed E-state index contributed by atoms with van der Waals surface area (Å²) in [7, 11) is 0. The fourth-order valence-corrected chi connectivity index (χ4v) is 2.13. The number of para-hydroxylation sites is 1. The Morgan fingerprint density at radius 3 is 2.47 bits per heavy atom. The number of benzene rings is 2. The van der Waals surface area contributed by atoms with Gasteiger partial charge in [-0.05, 0) is 36.5 Å². The van der Waals surface area contributed by atoms with Crippen LogP contribution in [0.5, 0.6) is 0 Å². The van der Waals surface area contributed by atoms with Crippen LogP contribution in [-0.2, 0) is 6.42 Å². The molecule has 19 heavy (non-hydrogen) atoms. The summed E-state index contributed by atoms with van der Waals surface area (Å²) in [5, 5.41) is 3.52. The Morgan fingerprint density at radius 1 is 0.947 bits per heavy atom. The molecule has 98 valence electrons. The van der Waals surface area contributed by atoms with Gasteiger partial charge in [0, 0.05) is 12.2 Å². The minimum Gasteiger partial charge on any atom is -0.385 e. The van der Waals surface area contributed by atoms with Gasteiger partial charge in [-0.3, -0.25) is 0 Å². The Kier molecular flexibility index (Phi) is 5.24. The van der Waals surface area contributed by atoms with E-state index in [4.69, 9.17) is 0 Å². The van der Waals surface area contributed by atoms with Crippen molar-refractivity contribution < 1.29 is 0 Å². The maximum atomic E-state index is 3.75. The summed E-state index contributed by atoms with van der Waals surface area (Å²) in [5.41, 5.74) is 3.95. The normalized spacial score (nSPS) is 10.1. The van der Waals surface area contributed by atoms with Crippen LogP contribution in [0.3, 0.4) is 0 Å². The third kappa shape index (κ3) is 4.29. The molecule has 0 radical (unpaired) electrons. The van der Waals surface area contributed by atoms with Crippen LogP contribution < -0.4 is 5.32 Å². The van der Waals surface area contributed by atoms with Gasteiger partial charge in [0.25, 0.3) is 0 Å². The van der Waals surface area contributed by atoms with Gasteiger partial charge in [-0.15, -0.1) is 6.58 Å². The number of hydrogen-bond acceptors (Lipinski definition) is 1. The topological polar surface area (TPSA) is 12.0 Å². The summed E-state index contributed by atoms with van der Waals surface area (Å²) >= 11 is 0. The van der Waals surface area contributed by atoms with Crippen LogP contribution in [-0.4, -0.2) is 6.54 Å². The molecule has 2 aromatic rings. The molecule has 0 fully saturated rings. The molecule has 0 unspecified atom stereocenters. The van der Waals surface area contributed by atoms with Gasteiger partial charge in [0.2, 0.25) is 0 Å². The molecule has 0 heterocycles. The van der Waals surface area contributed by atoms with Gasteiger partial charge in [-0.25, -0.2) is 0 Å². The van der Waals surface area contributed by atoms with E-state index in [1.54, 1.807) is 0 Å². The van der Waals surface area contributed by atoms with E-state index in [-0.39, 0.29) is 0 Å². The summed E-state index contributed by atoms with van der Waals surface area (Å²) in [6.45, 7) is 4.75. The molecule has 2 aromatic carbocycles. The second-order valence-corrected chi connectivity index (χ2v) is 4.68. The van der Waals surface area contributed by atoms with Gasteiger partial charge in [-0.1, -0.05) is 54.6 Å². The fourth-order valence-electron chi connectivity index (χ4n) is 2.13. The van der Waals surface area contributed by atoms with Crippen molar-refractivity contribution >= 4 is 5.69 Å². The number of nitrogens with one attached hydrogen (secondary N) is 1. The number of unbranched alkanes of at least 4 members (excludes halogenated alkanes) is 1. The van der Waals surface area contributed by atoms with Crippen LogP contribution in [0, 0.1) is 0 Å². The molecule has 0 aliphatic heterocycles. The third-order valence-electron chi connectivity index (χ3n) is 3.16. The predicted octanol–water partition coefficient (Wildman–Crippen LogP) is 4.66. The highest BCUT2D eigenvalue weighted by Gasteiger charge is 2.02. The fraction of sp³-hybridized carbons (Fsp3) is 0.222. The molecular formula is C18H21N. The second-order valence-electron chi connectivity index (χ2n) is 4.68. The molecule has 0 saturated heterocycles. The smallest absolute Gasteiger partial charge is 0.0376 e. The zero-order chi connectivity index (χ0) is 13.3. The Balaban J connectivity index is 2.01. The van der Waals surface area contributed by atoms with Crippen LogP contribution in [0.4, 0.5) is 5.69 Å². The molecule has 1 nitrogen and oxygen atoms in total. The van der Waals surface area contributed by atoms with E-state index in [0.29, 0.717) is 0 Å². The van der Waals surface area contributed by atoms with Crippen LogP contribution in [0.1, 0.15) is 24.0 Å². The van der Waals surface area contributed by atoms with Crippen molar-refractivity contribution in [1.82, 2.24) is 0 Å². The summed E-state index contributed by atoms with van der Waals surface area (Å²) in [4.78, 5) is 0. The molecule has 1 N–H and O–H groups in total. The largest absolute Gasteiger partial charge is 0.385 e. The molecule has 0 aromatic heterocycles. The highest BCUT2D eigenvalue weighted by Crippen LogP contribution is 2.19. The van der Waals surface area contributed by atoms with E-state index in [9.17, 15) is 0 Å². The number of rotatable bonds is 7. The van der Waals surface area contributed by atoms with Crippen molar-refractivity contribution in [3.8, 4) is 0 Å². The van der Waals surface area contributed by atoms with Gasteiger partial charge in [0.15, 0.2) is 0 Å². The second kappa shape index (κ2) is 7.42. The maximum Gasteiger partial charge on any atom is 0.0376 e. The lowest BCUT2D eigenvalue weighted by molar-refractivity contribution is 0.889. The molecule has 0 atom stereocenters. The lowest BCUT2D eigenvalue weighted by atomic mass is 10.0. The lowest BCUT2D eigenvalue weighted by Gasteiger charge is -2.11. The molecule has 0 aliphatic rings. The zero-order valence-corrected chi connectivity index (χ0v) is 11.3. The molecule has 0 saturated carbocycles. The first-order valence-corrected chi connectivity index (χ1v) is 6.87. The lowest BCUT2D eigenvalue weighted by Crippen LogP contribution is -2.04. The van der Waals surface area contributed by atoms with Gasteiger partial charge in [0.05, 0.1) is 0 Å². The monoisotopic (exact) mass is 251 g/mol. The number of hydrogen-bond donors (Lipinski definition) is 1. The van der Waals surface area contributed by atoms with Crippen molar-refractivity contribution in [2.45, 2.75) is 19.3 Å². The summed E-state index contributed by atoms with van der Waals surface area (Å²) in [6.07, 6.45) is 5.14. The van der Waals surface area contributed by atoms with E-state index >= 15 is 0 Å².